The van der Waals surface area contributed by atoms with Gasteiger partial charge in [-0.25, -0.2) is 0 Å². The second-order valence-electron chi connectivity index (χ2n) is 11.1. The molecule has 0 aromatic carbocycles. The molecule has 0 spiro atoms. The quantitative estimate of drug-likeness (QED) is 0.0817. The van der Waals surface area contributed by atoms with Gasteiger partial charge >= 0.3 is 0 Å². The molecule has 0 amide bonds. The maximum atomic E-state index is 6.09. The van der Waals surface area contributed by atoms with Crippen molar-refractivity contribution in [3.8, 4) is 0 Å². The van der Waals surface area contributed by atoms with Crippen molar-refractivity contribution in [3.05, 3.63) is 12.2 Å². The van der Waals surface area contributed by atoms with Crippen molar-refractivity contribution in [3.63, 3.8) is 0 Å². The zero-order valence-corrected chi connectivity index (χ0v) is 24.3. The molecule has 2 heteroatoms. The van der Waals surface area contributed by atoms with Gasteiger partial charge in [0.25, 0.3) is 0 Å². The van der Waals surface area contributed by atoms with Crippen LogP contribution in [0.3, 0.4) is 0 Å². The molecule has 0 aromatic rings. The Balaban J connectivity index is 3.45. The minimum Gasteiger partial charge on any atom is -0.381 e. The minimum absolute atomic E-state index is 0.710. The fraction of sp³-hybridized carbons (Fsp3) is 0.938. The molecule has 0 bridgehead atoms. The maximum absolute atomic E-state index is 6.09. The Hall–Kier alpha value is -0.340. The molecule has 0 saturated carbocycles. The van der Waals surface area contributed by atoms with E-state index in [2.05, 4.69) is 45.0 Å². The molecule has 0 radical (unpaired) electrons. The van der Waals surface area contributed by atoms with E-state index in [4.69, 9.17) is 4.74 Å². The van der Waals surface area contributed by atoms with Crippen LogP contribution >= 0.6 is 0 Å². The van der Waals surface area contributed by atoms with Crippen LogP contribution in [0.25, 0.3) is 0 Å². The lowest BCUT2D eigenvalue weighted by Gasteiger charge is -2.21. The Bertz CT molecular complexity index is 392. The van der Waals surface area contributed by atoms with E-state index >= 15 is 0 Å². The molecule has 2 nitrogen and oxygen atoms in total. The van der Waals surface area contributed by atoms with E-state index < -0.39 is 0 Å². The van der Waals surface area contributed by atoms with Crippen molar-refractivity contribution in [2.45, 2.75) is 155 Å². The van der Waals surface area contributed by atoms with Crippen molar-refractivity contribution in [1.29, 1.82) is 0 Å². The second kappa shape index (κ2) is 28.9. The van der Waals surface area contributed by atoms with Gasteiger partial charge in [0.1, 0.15) is 0 Å². The first-order valence-corrected chi connectivity index (χ1v) is 15.6. The molecule has 1 unspecified atom stereocenters. The van der Waals surface area contributed by atoms with Crippen molar-refractivity contribution in [2.75, 3.05) is 33.9 Å². The molecule has 0 fully saturated rings. The van der Waals surface area contributed by atoms with Crippen LogP contribution in [0.5, 0.6) is 0 Å². The monoisotopic (exact) mass is 480 g/mol. The van der Waals surface area contributed by atoms with Crippen molar-refractivity contribution in [2.24, 2.45) is 5.92 Å². The van der Waals surface area contributed by atoms with E-state index in [1.807, 2.05) is 0 Å². The summed E-state index contributed by atoms with van der Waals surface area (Å²) in [5.74, 6) is 0.710. The predicted octanol–water partition coefficient (Wildman–Crippen LogP) is 10.4. The number of hydrogen-bond donors (Lipinski definition) is 0. The summed E-state index contributed by atoms with van der Waals surface area (Å²) in [6, 6.07) is 0. The highest BCUT2D eigenvalue weighted by molar-refractivity contribution is 4.81. The number of nitrogens with zero attached hydrogens (tertiary/aromatic N) is 1. The topological polar surface area (TPSA) is 12.5 Å². The van der Waals surface area contributed by atoms with E-state index in [-0.39, 0.29) is 0 Å². The summed E-state index contributed by atoms with van der Waals surface area (Å²) in [6.45, 7) is 7.67. The third-order valence-electron chi connectivity index (χ3n) is 6.99. The van der Waals surface area contributed by atoms with Gasteiger partial charge < -0.3 is 9.64 Å². The summed E-state index contributed by atoms with van der Waals surface area (Å²) in [7, 11) is 4.40. The molecule has 1 atom stereocenters. The first-order valence-electron chi connectivity index (χ1n) is 15.6. The van der Waals surface area contributed by atoms with Gasteiger partial charge in [0, 0.05) is 13.2 Å². The van der Waals surface area contributed by atoms with Gasteiger partial charge in [0.05, 0.1) is 6.61 Å². The highest BCUT2D eigenvalue weighted by Crippen LogP contribution is 2.15. The minimum atomic E-state index is 0.710. The summed E-state index contributed by atoms with van der Waals surface area (Å²) in [6.07, 6.45) is 35.1. The Labute approximate surface area is 216 Å². The molecule has 204 valence electrons. The highest BCUT2D eigenvalue weighted by Gasteiger charge is 2.10. The lowest BCUT2D eigenvalue weighted by Crippen LogP contribution is -2.25. The Morgan fingerprint density at radius 3 is 1.56 bits per heavy atom. The van der Waals surface area contributed by atoms with Gasteiger partial charge in [-0.1, -0.05) is 129 Å². The second-order valence-corrected chi connectivity index (χ2v) is 11.1. The largest absolute Gasteiger partial charge is 0.381 e. The van der Waals surface area contributed by atoms with Gasteiger partial charge in [0.2, 0.25) is 0 Å². The lowest BCUT2D eigenvalue weighted by atomic mass is 10.00. The number of allylic oxidation sites excluding steroid dienone is 2. The third kappa shape index (κ3) is 27.9. The first kappa shape index (κ1) is 33.7. The van der Waals surface area contributed by atoms with Crippen LogP contribution in [0.15, 0.2) is 12.2 Å². The molecular formula is C32H65NO. The SMILES string of the molecule is CCCCCC=CCCCCCCCCCCCOCC(CCCCCCCCC)CN(C)C. The smallest absolute Gasteiger partial charge is 0.0506 e. The molecule has 0 aromatic heterocycles. The Kier molecular flexibility index (Phi) is 28.6. The van der Waals surface area contributed by atoms with E-state index in [0.29, 0.717) is 5.92 Å². The van der Waals surface area contributed by atoms with Crippen LogP contribution in [-0.2, 0) is 4.74 Å². The van der Waals surface area contributed by atoms with Gasteiger partial charge in [-0.2, -0.15) is 0 Å². The summed E-state index contributed by atoms with van der Waals surface area (Å²) in [5, 5.41) is 0. The van der Waals surface area contributed by atoms with Crippen molar-refractivity contribution >= 4 is 0 Å². The van der Waals surface area contributed by atoms with E-state index in [1.165, 1.54) is 148 Å². The normalized spacial score (nSPS) is 12.9. The standard InChI is InChI=1S/C32H65NO/c1-5-7-9-11-13-14-15-16-17-18-19-20-21-23-25-27-29-34-31-32(30-33(3)4)28-26-24-22-12-10-8-6-2/h13-14,32H,5-12,15-31H2,1-4H3. The van der Waals surface area contributed by atoms with Crippen LogP contribution < -0.4 is 0 Å². The van der Waals surface area contributed by atoms with Crippen molar-refractivity contribution in [1.82, 2.24) is 4.90 Å². The molecule has 0 saturated heterocycles. The molecule has 0 heterocycles. The summed E-state index contributed by atoms with van der Waals surface area (Å²) < 4.78 is 6.09. The van der Waals surface area contributed by atoms with Gasteiger partial charge in [-0.05, 0) is 58.5 Å². The molecule has 0 aliphatic heterocycles. The average Bonchev–Trinajstić information content (AvgIpc) is 2.82. The molecular weight excluding hydrogens is 414 g/mol. The molecule has 0 N–H and O–H groups in total. The van der Waals surface area contributed by atoms with Crippen LogP contribution in [0.1, 0.15) is 155 Å². The zero-order valence-electron chi connectivity index (χ0n) is 24.3. The third-order valence-corrected chi connectivity index (χ3v) is 6.99. The fourth-order valence-corrected chi connectivity index (χ4v) is 4.84. The van der Waals surface area contributed by atoms with E-state index in [9.17, 15) is 0 Å². The summed E-state index contributed by atoms with van der Waals surface area (Å²) in [5.41, 5.74) is 0. The number of ether oxygens (including phenoxy) is 1. The highest BCUT2D eigenvalue weighted by atomic mass is 16.5. The van der Waals surface area contributed by atoms with Gasteiger partial charge in [0.15, 0.2) is 0 Å². The van der Waals surface area contributed by atoms with Crippen LogP contribution in [0, 0.1) is 5.92 Å². The molecule has 0 aliphatic carbocycles. The van der Waals surface area contributed by atoms with Crippen LogP contribution in [-0.4, -0.2) is 38.8 Å². The van der Waals surface area contributed by atoms with Crippen LogP contribution in [0.2, 0.25) is 0 Å². The Morgan fingerprint density at radius 2 is 1.00 bits per heavy atom. The first-order chi connectivity index (χ1) is 16.7. The predicted molar refractivity (Wildman–Crippen MR) is 155 cm³/mol. The van der Waals surface area contributed by atoms with Gasteiger partial charge in [-0.3, -0.25) is 0 Å². The Morgan fingerprint density at radius 1 is 0.559 bits per heavy atom. The molecule has 34 heavy (non-hydrogen) atoms. The van der Waals surface area contributed by atoms with Crippen molar-refractivity contribution < 1.29 is 4.74 Å². The summed E-state index contributed by atoms with van der Waals surface area (Å²) >= 11 is 0. The number of hydrogen-bond acceptors (Lipinski definition) is 2. The lowest BCUT2D eigenvalue weighted by molar-refractivity contribution is 0.0816. The summed E-state index contributed by atoms with van der Waals surface area (Å²) in [4.78, 5) is 2.33. The number of unbranched alkanes of at least 4 members (excludes halogenated alkanes) is 18. The zero-order chi connectivity index (χ0) is 25.0. The van der Waals surface area contributed by atoms with Crippen LogP contribution in [0.4, 0.5) is 0 Å². The number of rotatable bonds is 28. The van der Waals surface area contributed by atoms with E-state index in [1.54, 1.807) is 0 Å². The van der Waals surface area contributed by atoms with E-state index in [0.717, 1.165) is 13.2 Å². The average molecular weight is 480 g/mol. The van der Waals surface area contributed by atoms with Gasteiger partial charge in [-0.15, -0.1) is 0 Å². The molecule has 0 aliphatic rings. The fourth-order valence-electron chi connectivity index (χ4n) is 4.84. The molecule has 0 rings (SSSR count). The maximum Gasteiger partial charge on any atom is 0.0506 e.